The molecule has 1 unspecified atom stereocenters. The number of anilines is 1. The van der Waals surface area contributed by atoms with Crippen molar-refractivity contribution in [1.82, 2.24) is 4.57 Å². The van der Waals surface area contributed by atoms with Gasteiger partial charge in [0.2, 0.25) is 6.29 Å². The highest BCUT2D eigenvalue weighted by molar-refractivity contribution is 6.17. The molecule has 3 nitrogen and oxygen atoms in total. The highest BCUT2D eigenvalue weighted by atomic mass is 15.3. The second kappa shape index (κ2) is 9.65. The minimum atomic E-state index is -0.301. The number of fused-ring (bicyclic) bond motifs is 4. The molecule has 1 aliphatic rings. The van der Waals surface area contributed by atoms with E-state index in [9.17, 15) is 0 Å². The first-order valence-corrected chi connectivity index (χ1v) is 14.0. The van der Waals surface area contributed by atoms with Gasteiger partial charge in [-0.3, -0.25) is 0 Å². The van der Waals surface area contributed by atoms with Crippen molar-refractivity contribution in [2.45, 2.75) is 6.29 Å². The van der Waals surface area contributed by atoms with Crippen LogP contribution in [-0.4, -0.2) is 10.3 Å². The molecule has 6 aromatic carbocycles. The zero-order valence-corrected chi connectivity index (χ0v) is 22.4. The first-order chi connectivity index (χ1) is 20.3. The van der Waals surface area contributed by atoms with Crippen LogP contribution in [0.3, 0.4) is 0 Å². The molecule has 1 N–H and O–H groups in total. The number of nitrogens with one attached hydrogen (secondary N) is 1. The van der Waals surface area contributed by atoms with Gasteiger partial charge in [-0.05, 0) is 52.6 Å². The molecule has 194 valence electrons. The number of nitrogens with zero attached hydrogens (tertiary/aromatic N) is 2. The van der Waals surface area contributed by atoms with Gasteiger partial charge in [-0.1, -0.05) is 121 Å². The molecule has 1 aromatic heterocycles. The summed E-state index contributed by atoms with van der Waals surface area (Å²) in [5.41, 5.74) is 11.5. The molecule has 0 bridgehead atoms. The Morgan fingerprint density at radius 2 is 0.951 bits per heavy atom. The Kier molecular flexibility index (Phi) is 5.53. The summed E-state index contributed by atoms with van der Waals surface area (Å²) in [6.45, 7) is 0. The minimum absolute atomic E-state index is 0.301. The Labute approximate surface area is 239 Å². The number of benzene rings is 6. The van der Waals surface area contributed by atoms with E-state index < -0.39 is 0 Å². The molecule has 0 spiro atoms. The van der Waals surface area contributed by atoms with Crippen molar-refractivity contribution in [1.29, 1.82) is 0 Å². The van der Waals surface area contributed by atoms with Crippen molar-refractivity contribution in [3.8, 4) is 22.3 Å². The van der Waals surface area contributed by atoms with Crippen LogP contribution in [0.1, 0.15) is 17.4 Å². The summed E-state index contributed by atoms with van der Waals surface area (Å²) in [4.78, 5) is 5.37. The van der Waals surface area contributed by atoms with Crippen molar-refractivity contribution in [3.63, 3.8) is 0 Å². The molecular weight excluding hydrogens is 498 g/mol. The maximum absolute atomic E-state index is 5.37. The average Bonchev–Trinajstić information content (AvgIpc) is 3.38. The maximum Gasteiger partial charge on any atom is 0.201 e. The van der Waals surface area contributed by atoms with Gasteiger partial charge in [0.1, 0.15) is 0 Å². The lowest BCUT2D eigenvalue weighted by molar-refractivity contribution is 0.624. The molecule has 0 amide bonds. The molecule has 0 saturated heterocycles. The Morgan fingerprint density at radius 3 is 1.51 bits per heavy atom. The van der Waals surface area contributed by atoms with E-state index in [-0.39, 0.29) is 6.29 Å². The van der Waals surface area contributed by atoms with Gasteiger partial charge in [0.05, 0.1) is 16.7 Å². The van der Waals surface area contributed by atoms with E-state index in [4.69, 9.17) is 4.99 Å². The first-order valence-electron chi connectivity index (χ1n) is 14.0. The summed E-state index contributed by atoms with van der Waals surface area (Å²) in [7, 11) is 0. The summed E-state index contributed by atoms with van der Waals surface area (Å²) >= 11 is 0. The monoisotopic (exact) mass is 525 g/mol. The zero-order valence-electron chi connectivity index (χ0n) is 22.4. The quantitative estimate of drug-likeness (QED) is 0.244. The van der Waals surface area contributed by atoms with Crippen molar-refractivity contribution < 1.29 is 0 Å². The molecule has 2 heterocycles. The third kappa shape index (κ3) is 4.02. The molecule has 1 atom stereocenters. The molecular formula is C38H27N3. The summed E-state index contributed by atoms with van der Waals surface area (Å²) in [5.74, 6) is 0. The largest absolute Gasteiger partial charge is 0.346 e. The number of hydrogen-bond donors (Lipinski definition) is 1. The van der Waals surface area contributed by atoms with E-state index in [1.807, 2.05) is 0 Å². The highest BCUT2D eigenvalue weighted by Gasteiger charge is 2.25. The van der Waals surface area contributed by atoms with Gasteiger partial charge in [-0.2, -0.15) is 0 Å². The molecule has 0 saturated carbocycles. The van der Waals surface area contributed by atoms with Gasteiger partial charge in [0, 0.05) is 27.6 Å². The molecule has 0 aliphatic carbocycles. The minimum Gasteiger partial charge on any atom is -0.346 e. The van der Waals surface area contributed by atoms with E-state index in [2.05, 4.69) is 162 Å². The maximum atomic E-state index is 5.37. The smallest absolute Gasteiger partial charge is 0.201 e. The lowest BCUT2D eigenvalue weighted by Crippen LogP contribution is -2.24. The average molecular weight is 526 g/mol. The van der Waals surface area contributed by atoms with Gasteiger partial charge in [-0.25, -0.2) is 4.99 Å². The number of aromatic nitrogens is 1. The standard InChI is InChI=1S/C38H27N3/c1-4-12-26(13-5-1)29-20-22-35-32(24-29)33-25-30(27-14-6-2-7-15-27)21-23-36(33)41(35)38-39-34-19-11-10-18-31(34)37(40-38)28-16-8-3-9-17-28/h1-25,38-39H. The van der Waals surface area contributed by atoms with Crippen LogP contribution in [0.2, 0.25) is 0 Å². The lowest BCUT2D eigenvalue weighted by Gasteiger charge is -2.28. The Morgan fingerprint density at radius 1 is 0.463 bits per heavy atom. The SMILES string of the molecule is c1ccc(C2=NC(n3c4ccc(-c5ccccc5)cc4c4cc(-c5ccccc5)ccc43)Nc3ccccc32)cc1. The molecule has 1 aliphatic heterocycles. The number of para-hydroxylation sites is 1. The third-order valence-electron chi connectivity index (χ3n) is 8.03. The third-order valence-corrected chi connectivity index (χ3v) is 8.03. The van der Waals surface area contributed by atoms with E-state index >= 15 is 0 Å². The van der Waals surface area contributed by atoms with E-state index in [0.29, 0.717) is 0 Å². The van der Waals surface area contributed by atoms with Gasteiger partial charge in [0.25, 0.3) is 0 Å². The number of hydrogen-bond acceptors (Lipinski definition) is 2. The molecule has 0 radical (unpaired) electrons. The molecule has 3 heteroatoms. The van der Waals surface area contributed by atoms with E-state index in [0.717, 1.165) is 33.6 Å². The topological polar surface area (TPSA) is 29.3 Å². The number of rotatable bonds is 4. The van der Waals surface area contributed by atoms with Gasteiger partial charge < -0.3 is 9.88 Å². The van der Waals surface area contributed by atoms with Crippen LogP contribution in [0, 0.1) is 0 Å². The zero-order chi connectivity index (χ0) is 27.2. The molecule has 41 heavy (non-hydrogen) atoms. The predicted octanol–water partition coefficient (Wildman–Crippen LogP) is 9.55. The number of aliphatic imine (C=N–C) groups is 1. The van der Waals surface area contributed by atoms with Crippen LogP contribution in [0.25, 0.3) is 44.1 Å². The van der Waals surface area contributed by atoms with Crippen molar-refractivity contribution in [3.05, 3.63) is 163 Å². The summed E-state index contributed by atoms with van der Waals surface area (Å²) < 4.78 is 2.35. The lowest BCUT2D eigenvalue weighted by atomic mass is 9.99. The fourth-order valence-electron chi connectivity index (χ4n) is 6.06. The van der Waals surface area contributed by atoms with Crippen LogP contribution in [0.4, 0.5) is 5.69 Å². The molecule has 7 aromatic rings. The van der Waals surface area contributed by atoms with Crippen molar-refractivity contribution >= 4 is 33.2 Å². The normalized spacial score (nSPS) is 14.4. The van der Waals surface area contributed by atoms with Crippen LogP contribution < -0.4 is 5.32 Å². The van der Waals surface area contributed by atoms with Crippen LogP contribution >= 0.6 is 0 Å². The fraction of sp³-hybridized carbons (Fsp3) is 0.0263. The van der Waals surface area contributed by atoms with Crippen molar-refractivity contribution in [2.75, 3.05) is 5.32 Å². The van der Waals surface area contributed by atoms with Gasteiger partial charge in [0.15, 0.2) is 0 Å². The van der Waals surface area contributed by atoms with E-state index in [1.54, 1.807) is 0 Å². The van der Waals surface area contributed by atoms with Crippen LogP contribution in [0.15, 0.2) is 157 Å². The fourth-order valence-corrected chi connectivity index (χ4v) is 6.06. The van der Waals surface area contributed by atoms with Crippen LogP contribution in [0.5, 0.6) is 0 Å². The van der Waals surface area contributed by atoms with Gasteiger partial charge >= 0.3 is 0 Å². The second-order valence-electron chi connectivity index (χ2n) is 10.5. The van der Waals surface area contributed by atoms with Crippen molar-refractivity contribution in [2.24, 2.45) is 4.99 Å². The summed E-state index contributed by atoms with van der Waals surface area (Å²) in [6, 6.07) is 53.8. The predicted molar refractivity (Wildman–Crippen MR) is 171 cm³/mol. The second-order valence-corrected chi connectivity index (χ2v) is 10.5. The van der Waals surface area contributed by atoms with Crippen LogP contribution in [-0.2, 0) is 0 Å². The highest BCUT2D eigenvalue weighted by Crippen LogP contribution is 2.39. The van der Waals surface area contributed by atoms with Gasteiger partial charge in [-0.15, -0.1) is 0 Å². The molecule has 0 fully saturated rings. The Balaban J connectivity index is 1.38. The molecule has 8 rings (SSSR count). The van der Waals surface area contributed by atoms with E-state index in [1.165, 1.54) is 33.0 Å². The summed E-state index contributed by atoms with van der Waals surface area (Å²) in [5, 5.41) is 6.19. The first kappa shape index (κ1) is 23.5. The summed E-state index contributed by atoms with van der Waals surface area (Å²) in [6.07, 6.45) is -0.301. The Hall–Kier alpha value is -5.41. The Bertz CT molecular complexity index is 1960.